The first-order chi connectivity index (χ1) is 8.11. The second-order valence-electron chi connectivity index (χ2n) is 4.91. The number of aromatic nitrogens is 1. The van der Waals surface area contributed by atoms with E-state index in [1.54, 1.807) is 0 Å². The number of oxazole rings is 1. The lowest BCUT2D eigenvalue weighted by atomic mass is 9.98. The van der Waals surface area contributed by atoms with Gasteiger partial charge < -0.3 is 10.2 Å². The smallest absolute Gasteiger partial charge is 0.198 e. The molecule has 1 aromatic heterocycles. The van der Waals surface area contributed by atoms with E-state index in [-0.39, 0.29) is 0 Å². The van der Waals surface area contributed by atoms with E-state index in [1.807, 2.05) is 6.07 Å². The summed E-state index contributed by atoms with van der Waals surface area (Å²) in [7, 11) is 0. The molecule has 2 N–H and O–H groups in total. The molecule has 17 heavy (non-hydrogen) atoms. The molecule has 0 spiro atoms. The maximum Gasteiger partial charge on any atom is 0.198 e. The van der Waals surface area contributed by atoms with Crippen molar-refractivity contribution >= 4 is 11.1 Å². The summed E-state index contributed by atoms with van der Waals surface area (Å²) >= 11 is 0. The maximum absolute atomic E-state index is 5.69. The molecule has 2 aromatic rings. The van der Waals surface area contributed by atoms with Crippen molar-refractivity contribution in [1.29, 1.82) is 0 Å². The molecule has 3 nitrogen and oxygen atoms in total. The number of benzene rings is 1. The van der Waals surface area contributed by atoms with Crippen molar-refractivity contribution in [3.63, 3.8) is 0 Å². The van der Waals surface area contributed by atoms with Crippen LogP contribution in [-0.4, -0.2) is 11.5 Å². The number of rotatable bonds is 4. The molecule has 0 saturated carbocycles. The van der Waals surface area contributed by atoms with Gasteiger partial charge in [0.25, 0.3) is 0 Å². The quantitative estimate of drug-likeness (QED) is 0.879. The first-order valence-corrected chi connectivity index (χ1v) is 6.22. The zero-order chi connectivity index (χ0) is 12.4. The minimum atomic E-state index is 0.326. The highest BCUT2D eigenvalue weighted by Gasteiger charge is 2.11. The average molecular weight is 232 g/mol. The number of nitrogens with zero attached hydrogens (tertiary/aromatic N) is 1. The molecule has 0 aliphatic heterocycles. The van der Waals surface area contributed by atoms with E-state index in [0.29, 0.717) is 11.8 Å². The summed E-state index contributed by atoms with van der Waals surface area (Å²) in [6.07, 6.45) is 1.00. The standard InChI is InChI=1S/C14H20N2O/c1-9(2)14-16-12-8-11(10(3)6-7-15)4-5-13(12)17-14/h4-5,8-10H,6-7,15H2,1-3H3. The molecule has 0 bridgehead atoms. The van der Waals surface area contributed by atoms with E-state index < -0.39 is 0 Å². The van der Waals surface area contributed by atoms with Crippen molar-refractivity contribution in [2.24, 2.45) is 5.73 Å². The van der Waals surface area contributed by atoms with Crippen molar-refractivity contribution in [3.05, 3.63) is 29.7 Å². The fourth-order valence-corrected chi connectivity index (χ4v) is 1.93. The Morgan fingerprint density at radius 3 is 2.71 bits per heavy atom. The lowest BCUT2D eigenvalue weighted by molar-refractivity contribution is 0.501. The van der Waals surface area contributed by atoms with Gasteiger partial charge in [0.05, 0.1) is 0 Å². The van der Waals surface area contributed by atoms with Crippen molar-refractivity contribution in [1.82, 2.24) is 4.98 Å². The molecule has 0 aliphatic rings. The molecule has 2 rings (SSSR count). The van der Waals surface area contributed by atoms with Gasteiger partial charge in [-0.05, 0) is 36.6 Å². The highest BCUT2D eigenvalue weighted by atomic mass is 16.3. The van der Waals surface area contributed by atoms with Gasteiger partial charge in [0.1, 0.15) is 5.52 Å². The summed E-state index contributed by atoms with van der Waals surface area (Å²) in [4.78, 5) is 4.52. The third-order valence-corrected chi connectivity index (χ3v) is 3.09. The third kappa shape index (κ3) is 2.50. The van der Waals surface area contributed by atoms with Gasteiger partial charge in [-0.1, -0.05) is 26.8 Å². The molecule has 0 saturated heterocycles. The molecule has 3 heteroatoms. The maximum atomic E-state index is 5.69. The summed E-state index contributed by atoms with van der Waals surface area (Å²) in [5, 5.41) is 0. The molecular formula is C14H20N2O. The SMILES string of the molecule is CC(C)c1nc2cc(C(C)CCN)ccc2o1. The van der Waals surface area contributed by atoms with Gasteiger partial charge in [0.2, 0.25) is 0 Å². The molecule has 0 aliphatic carbocycles. The summed E-state index contributed by atoms with van der Waals surface area (Å²) in [6, 6.07) is 6.24. The van der Waals surface area contributed by atoms with Crippen LogP contribution in [0.4, 0.5) is 0 Å². The zero-order valence-electron chi connectivity index (χ0n) is 10.7. The second-order valence-corrected chi connectivity index (χ2v) is 4.91. The predicted molar refractivity (Wildman–Crippen MR) is 70.2 cm³/mol. The minimum absolute atomic E-state index is 0.326. The van der Waals surface area contributed by atoms with Gasteiger partial charge in [-0.15, -0.1) is 0 Å². The number of hydrogen-bond donors (Lipinski definition) is 1. The lowest BCUT2D eigenvalue weighted by Crippen LogP contribution is -2.04. The van der Waals surface area contributed by atoms with Crippen molar-refractivity contribution in [2.45, 2.75) is 39.0 Å². The summed E-state index contributed by atoms with van der Waals surface area (Å²) in [5.74, 6) is 1.61. The van der Waals surface area contributed by atoms with Crippen LogP contribution in [-0.2, 0) is 0 Å². The Labute approximate surface area is 102 Å². The molecule has 1 heterocycles. The van der Waals surface area contributed by atoms with Crippen LogP contribution in [0.3, 0.4) is 0 Å². The molecule has 1 aromatic carbocycles. The predicted octanol–water partition coefficient (Wildman–Crippen LogP) is 3.40. The van der Waals surface area contributed by atoms with Crippen molar-refractivity contribution < 1.29 is 4.42 Å². The van der Waals surface area contributed by atoms with Gasteiger partial charge >= 0.3 is 0 Å². The Morgan fingerprint density at radius 2 is 2.06 bits per heavy atom. The van der Waals surface area contributed by atoms with E-state index in [4.69, 9.17) is 10.2 Å². The average Bonchev–Trinajstić information content (AvgIpc) is 2.71. The lowest BCUT2D eigenvalue weighted by Gasteiger charge is -2.09. The van der Waals surface area contributed by atoms with Crippen LogP contribution >= 0.6 is 0 Å². The van der Waals surface area contributed by atoms with Gasteiger partial charge in [0, 0.05) is 5.92 Å². The van der Waals surface area contributed by atoms with E-state index in [0.717, 1.165) is 30.0 Å². The van der Waals surface area contributed by atoms with Crippen molar-refractivity contribution in [3.8, 4) is 0 Å². The van der Waals surface area contributed by atoms with E-state index in [2.05, 4.69) is 37.9 Å². The van der Waals surface area contributed by atoms with Crippen LogP contribution in [0.1, 0.15) is 50.5 Å². The third-order valence-electron chi connectivity index (χ3n) is 3.09. The summed E-state index contributed by atoms with van der Waals surface area (Å²) < 4.78 is 5.69. The molecule has 0 amide bonds. The highest BCUT2D eigenvalue weighted by molar-refractivity contribution is 5.73. The van der Waals surface area contributed by atoms with Crippen LogP contribution in [0, 0.1) is 0 Å². The Bertz CT molecular complexity index is 502. The van der Waals surface area contributed by atoms with Crippen molar-refractivity contribution in [2.75, 3.05) is 6.54 Å². The summed E-state index contributed by atoms with van der Waals surface area (Å²) in [5.41, 5.74) is 8.70. The molecule has 92 valence electrons. The fourth-order valence-electron chi connectivity index (χ4n) is 1.93. The Hall–Kier alpha value is -1.35. The second kappa shape index (κ2) is 4.88. The van der Waals surface area contributed by atoms with Crippen LogP contribution in [0.25, 0.3) is 11.1 Å². The minimum Gasteiger partial charge on any atom is -0.440 e. The number of nitrogens with two attached hydrogens (primary N) is 1. The van der Waals surface area contributed by atoms with Crippen LogP contribution in [0.2, 0.25) is 0 Å². The van der Waals surface area contributed by atoms with Gasteiger partial charge in [-0.3, -0.25) is 0 Å². The highest BCUT2D eigenvalue weighted by Crippen LogP contribution is 2.25. The topological polar surface area (TPSA) is 52.0 Å². The van der Waals surface area contributed by atoms with Crippen LogP contribution in [0.5, 0.6) is 0 Å². The number of hydrogen-bond acceptors (Lipinski definition) is 3. The first kappa shape index (κ1) is 12.1. The molecule has 0 radical (unpaired) electrons. The first-order valence-electron chi connectivity index (χ1n) is 6.22. The van der Waals surface area contributed by atoms with Gasteiger partial charge in [0.15, 0.2) is 11.5 Å². The van der Waals surface area contributed by atoms with Gasteiger partial charge in [-0.25, -0.2) is 4.98 Å². The Kier molecular flexibility index (Phi) is 3.48. The normalized spacial score (nSPS) is 13.5. The molecule has 1 unspecified atom stereocenters. The monoisotopic (exact) mass is 232 g/mol. The number of fused-ring (bicyclic) bond motifs is 1. The Balaban J connectivity index is 2.36. The van der Waals surface area contributed by atoms with Crippen LogP contribution < -0.4 is 5.73 Å². The Morgan fingerprint density at radius 1 is 1.29 bits per heavy atom. The van der Waals surface area contributed by atoms with E-state index >= 15 is 0 Å². The van der Waals surface area contributed by atoms with E-state index in [1.165, 1.54) is 5.56 Å². The zero-order valence-corrected chi connectivity index (χ0v) is 10.7. The largest absolute Gasteiger partial charge is 0.440 e. The van der Waals surface area contributed by atoms with Gasteiger partial charge in [-0.2, -0.15) is 0 Å². The molecular weight excluding hydrogens is 212 g/mol. The fraction of sp³-hybridized carbons (Fsp3) is 0.500. The van der Waals surface area contributed by atoms with E-state index in [9.17, 15) is 0 Å². The molecule has 1 atom stereocenters. The van der Waals surface area contributed by atoms with Crippen LogP contribution in [0.15, 0.2) is 22.6 Å². The summed E-state index contributed by atoms with van der Waals surface area (Å²) in [6.45, 7) is 7.08. The molecule has 0 fully saturated rings.